The fourth-order valence-electron chi connectivity index (χ4n) is 7.57. The number of nitrogens with zero attached hydrogens (tertiary/aromatic N) is 3. The summed E-state index contributed by atoms with van der Waals surface area (Å²) in [7, 11) is 0. The first-order valence-electron chi connectivity index (χ1n) is 15.8. The Balaban J connectivity index is 1.69. The predicted octanol–water partition coefficient (Wildman–Crippen LogP) is 11.7. The van der Waals surface area contributed by atoms with Gasteiger partial charge in [-0.2, -0.15) is 18.4 Å². The highest BCUT2D eigenvalue weighted by Crippen LogP contribution is 2.46. The van der Waals surface area contributed by atoms with Crippen LogP contribution in [-0.4, -0.2) is 9.13 Å². The number of benzene rings is 6. The average Bonchev–Trinajstić information content (AvgIpc) is 3.60. The van der Waals surface area contributed by atoms with Gasteiger partial charge >= 0.3 is 6.18 Å². The minimum absolute atomic E-state index is 0.399. The van der Waals surface area contributed by atoms with Crippen LogP contribution in [0.5, 0.6) is 0 Å². The second-order valence-corrected chi connectivity index (χ2v) is 12.6. The van der Waals surface area contributed by atoms with E-state index in [9.17, 15) is 5.26 Å². The highest BCUT2D eigenvalue weighted by molar-refractivity contribution is 6.14. The third-order valence-corrected chi connectivity index (χ3v) is 9.61. The second kappa shape index (κ2) is 10.6. The minimum atomic E-state index is -4.64. The van der Waals surface area contributed by atoms with Crippen molar-refractivity contribution in [1.82, 2.24) is 9.13 Å². The van der Waals surface area contributed by atoms with E-state index < -0.39 is 11.7 Å². The molecule has 0 bridgehead atoms. The van der Waals surface area contributed by atoms with Gasteiger partial charge in [-0.25, -0.2) is 0 Å². The van der Waals surface area contributed by atoms with Gasteiger partial charge in [-0.1, -0.05) is 84.9 Å². The molecule has 0 atom stereocenters. The largest absolute Gasteiger partial charge is 0.416 e. The molecule has 8 rings (SSSR count). The van der Waals surface area contributed by atoms with Crippen molar-refractivity contribution in [2.24, 2.45) is 0 Å². The number of nitriles is 1. The lowest BCUT2D eigenvalue weighted by Crippen LogP contribution is -2.12. The molecule has 0 saturated carbocycles. The average molecular weight is 634 g/mol. The van der Waals surface area contributed by atoms with Crippen molar-refractivity contribution in [3.05, 3.63) is 143 Å². The van der Waals surface area contributed by atoms with Gasteiger partial charge in [0.2, 0.25) is 0 Å². The van der Waals surface area contributed by atoms with Gasteiger partial charge in [0, 0.05) is 27.1 Å². The Morgan fingerprint density at radius 2 is 0.896 bits per heavy atom. The molecule has 0 saturated heterocycles. The second-order valence-electron chi connectivity index (χ2n) is 12.6. The van der Waals surface area contributed by atoms with Crippen molar-refractivity contribution in [1.29, 1.82) is 5.26 Å². The minimum Gasteiger partial charge on any atom is -0.308 e. The maximum absolute atomic E-state index is 15.2. The lowest BCUT2D eigenvalue weighted by Gasteiger charge is -2.24. The Morgan fingerprint density at radius 1 is 0.521 bits per heavy atom. The Kier molecular flexibility index (Phi) is 6.54. The molecule has 0 amide bonds. The summed E-state index contributed by atoms with van der Waals surface area (Å²) in [5, 5.41) is 13.8. The molecule has 0 unspecified atom stereocenters. The first-order chi connectivity index (χ1) is 23.1. The van der Waals surface area contributed by atoms with Crippen molar-refractivity contribution in [3.8, 4) is 28.6 Å². The van der Waals surface area contributed by atoms with Crippen LogP contribution >= 0.6 is 0 Å². The van der Waals surface area contributed by atoms with Crippen LogP contribution in [0.4, 0.5) is 13.2 Å². The molecule has 2 heterocycles. The van der Waals surface area contributed by atoms with Gasteiger partial charge in [0.25, 0.3) is 0 Å². The molecule has 0 N–H and O–H groups in total. The number of halogens is 3. The van der Waals surface area contributed by atoms with Gasteiger partial charge in [-0.15, -0.1) is 0 Å². The Morgan fingerprint density at radius 3 is 1.25 bits per heavy atom. The molecule has 8 aromatic rings. The Labute approximate surface area is 275 Å². The normalized spacial score (nSPS) is 12.0. The SMILES string of the molecule is Cc1cccc2c3cccc(C)c3n(-c3cc(C(F)(F)F)cc(-n4c5c(C)cccc5c5cccc(C)c54)c3-c3cccc(C#N)c3)c12. The summed E-state index contributed by atoms with van der Waals surface area (Å²) in [6.07, 6.45) is -4.64. The number of hydrogen-bond donors (Lipinski definition) is 0. The quantitative estimate of drug-likeness (QED) is 0.191. The zero-order valence-electron chi connectivity index (χ0n) is 26.9. The summed E-state index contributed by atoms with van der Waals surface area (Å²) in [6.45, 7) is 7.99. The molecule has 0 aliphatic carbocycles. The summed E-state index contributed by atoms with van der Waals surface area (Å²) in [5.74, 6) is 0. The van der Waals surface area contributed by atoms with E-state index in [2.05, 4.69) is 6.07 Å². The van der Waals surface area contributed by atoms with E-state index in [0.717, 1.165) is 65.9 Å². The number of aryl methyl sites for hydroxylation is 4. The fourth-order valence-corrected chi connectivity index (χ4v) is 7.57. The van der Waals surface area contributed by atoms with Gasteiger partial charge in [0.15, 0.2) is 0 Å². The van der Waals surface area contributed by atoms with Crippen molar-refractivity contribution in [3.63, 3.8) is 0 Å². The van der Waals surface area contributed by atoms with Crippen LogP contribution in [0.1, 0.15) is 33.4 Å². The molecule has 0 aliphatic heterocycles. The lowest BCUT2D eigenvalue weighted by molar-refractivity contribution is -0.137. The number of para-hydroxylation sites is 4. The Hall–Kier alpha value is -5.80. The van der Waals surface area contributed by atoms with Crippen molar-refractivity contribution >= 4 is 43.6 Å². The first-order valence-corrected chi connectivity index (χ1v) is 15.8. The van der Waals surface area contributed by atoms with Crippen molar-refractivity contribution in [2.75, 3.05) is 0 Å². The van der Waals surface area contributed by atoms with E-state index in [0.29, 0.717) is 28.1 Å². The number of hydrogen-bond acceptors (Lipinski definition) is 1. The van der Waals surface area contributed by atoms with Crippen LogP contribution in [0.25, 0.3) is 66.1 Å². The highest BCUT2D eigenvalue weighted by atomic mass is 19.4. The standard InChI is InChI=1S/C42H30F3N3/c1-24-10-5-16-31-32-17-6-11-25(2)39(32)47(38(24)31)35-21-30(42(43,44)45)22-36(37(35)29-15-9-14-28(20-29)23-46)48-40-26(3)12-7-18-33(40)34-19-8-13-27(4)41(34)48/h5-22H,1-4H3. The summed E-state index contributed by atoms with van der Waals surface area (Å²) >= 11 is 0. The van der Waals surface area contributed by atoms with Crippen LogP contribution in [0.15, 0.2) is 109 Å². The fraction of sp³-hybridized carbons (Fsp3) is 0.119. The molecule has 0 radical (unpaired) electrons. The predicted molar refractivity (Wildman–Crippen MR) is 189 cm³/mol. The molecule has 3 nitrogen and oxygen atoms in total. The maximum Gasteiger partial charge on any atom is 0.416 e. The first kappa shape index (κ1) is 29.6. The molecule has 234 valence electrons. The third-order valence-electron chi connectivity index (χ3n) is 9.61. The third kappa shape index (κ3) is 4.28. The summed E-state index contributed by atoms with van der Waals surface area (Å²) in [6, 6.07) is 36.1. The van der Waals surface area contributed by atoms with Gasteiger partial charge in [-0.05, 0) is 79.8 Å². The molecular formula is C42H30F3N3. The van der Waals surface area contributed by atoms with Gasteiger partial charge < -0.3 is 9.13 Å². The van der Waals surface area contributed by atoms with E-state index in [-0.39, 0.29) is 0 Å². The molecule has 0 aliphatic rings. The molecule has 6 aromatic carbocycles. The van der Waals surface area contributed by atoms with E-state index in [1.165, 1.54) is 12.1 Å². The summed E-state index contributed by atoms with van der Waals surface area (Å²) < 4.78 is 49.6. The van der Waals surface area contributed by atoms with Gasteiger partial charge in [0.05, 0.1) is 50.6 Å². The molecule has 2 aromatic heterocycles. The van der Waals surface area contributed by atoms with Crippen LogP contribution in [-0.2, 0) is 6.18 Å². The number of aromatic nitrogens is 2. The van der Waals surface area contributed by atoms with Crippen LogP contribution in [0, 0.1) is 39.0 Å². The van der Waals surface area contributed by atoms with E-state index in [4.69, 9.17) is 0 Å². The molecular weight excluding hydrogens is 603 g/mol. The highest BCUT2D eigenvalue weighted by Gasteiger charge is 2.34. The molecule has 0 fully saturated rings. The van der Waals surface area contributed by atoms with Gasteiger partial charge in [0.1, 0.15) is 0 Å². The number of alkyl halides is 3. The lowest BCUT2D eigenvalue weighted by atomic mass is 9.96. The van der Waals surface area contributed by atoms with E-state index in [1.54, 1.807) is 18.2 Å². The number of fused-ring (bicyclic) bond motifs is 6. The molecule has 6 heteroatoms. The van der Waals surface area contributed by atoms with Gasteiger partial charge in [-0.3, -0.25) is 0 Å². The Bertz CT molecular complexity index is 2400. The maximum atomic E-state index is 15.2. The van der Waals surface area contributed by atoms with Crippen molar-refractivity contribution < 1.29 is 13.2 Å². The zero-order valence-corrected chi connectivity index (χ0v) is 26.9. The van der Waals surface area contributed by atoms with Crippen LogP contribution in [0.3, 0.4) is 0 Å². The van der Waals surface area contributed by atoms with Crippen molar-refractivity contribution in [2.45, 2.75) is 33.9 Å². The monoisotopic (exact) mass is 633 g/mol. The topological polar surface area (TPSA) is 33.6 Å². The summed E-state index contributed by atoms with van der Waals surface area (Å²) in [4.78, 5) is 0. The summed E-state index contributed by atoms with van der Waals surface area (Å²) in [5.41, 5.74) is 8.91. The zero-order chi connectivity index (χ0) is 33.5. The molecule has 0 spiro atoms. The van der Waals surface area contributed by atoms with Crippen LogP contribution < -0.4 is 0 Å². The van der Waals surface area contributed by atoms with E-state index >= 15 is 13.2 Å². The van der Waals surface area contributed by atoms with Crippen LogP contribution in [0.2, 0.25) is 0 Å². The number of rotatable bonds is 3. The molecule has 48 heavy (non-hydrogen) atoms. The smallest absolute Gasteiger partial charge is 0.308 e. The van der Waals surface area contributed by atoms with E-state index in [1.807, 2.05) is 116 Å².